The smallest absolute Gasteiger partial charge is 0.248 e. The zero-order chi connectivity index (χ0) is 8.32. The molecule has 11 heavy (non-hydrogen) atoms. The molecule has 0 aliphatic heterocycles. The molecule has 1 rings (SSSR count). The molecule has 1 aromatic rings. The Bertz CT molecular complexity index is 204. The van der Waals surface area contributed by atoms with Crippen LogP contribution in [0.1, 0.15) is 11.8 Å². The Hall–Kier alpha value is -0.460. The van der Waals surface area contributed by atoms with E-state index >= 15 is 0 Å². The van der Waals surface area contributed by atoms with Crippen LogP contribution in [0.2, 0.25) is 0 Å². The monoisotopic (exact) mass is 176 g/mol. The van der Waals surface area contributed by atoms with Gasteiger partial charge in [0, 0.05) is 6.92 Å². The molecule has 0 amide bonds. The van der Waals surface area contributed by atoms with Gasteiger partial charge in [-0.05, 0) is 11.4 Å². The highest BCUT2D eigenvalue weighted by molar-refractivity contribution is 7.10. The standard InChI is InChI=1S/C6H8O4S/c1-6(9-7,10-8)5-3-2-4-11-5/h2-4,7-8H,1H3. The van der Waals surface area contributed by atoms with Crippen LogP contribution in [0.5, 0.6) is 0 Å². The fourth-order valence-electron chi connectivity index (χ4n) is 0.644. The lowest BCUT2D eigenvalue weighted by atomic mass is 10.3. The molecule has 0 saturated heterocycles. The van der Waals surface area contributed by atoms with Crippen molar-refractivity contribution in [2.24, 2.45) is 0 Å². The summed E-state index contributed by atoms with van der Waals surface area (Å²) in [6.07, 6.45) is 0. The summed E-state index contributed by atoms with van der Waals surface area (Å²) >= 11 is 1.31. The normalized spacial score (nSPS) is 11.9. The van der Waals surface area contributed by atoms with Crippen LogP contribution in [0.25, 0.3) is 0 Å². The van der Waals surface area contributed by atoms with Crippen molar-refractivity contribution in [3.8, 4) is 0 Å². The molecule has 0 saturated carbocycles. The minimum atomic E-state index is -1.46. The van der Waals surface area contributed by atoms with E-state index in [0.29, 0.717) is 4.88 Å². The maximum absolute atomic E-state index is 8.38. The van der Waals surface area contributed by atoms with Gasteiger partial charge in [-0.25, -0.2) is 10.5 Å². The van der Waals surface area contributed by atoms with Crippen LogP contribution >= 0.6 is 11.3 Å². The molecule has 0 aliphatic rings. The van der Waals surface area contributed by atoms with Gasteiger partial charge in [-0.15, -0.1) is 11.3 Å². The van der Waals surface area contributed by atoms with E-state index in [1.807, 2.05) is 0 Å². The van der Waals surface area contributed by atoms with Crippen LogP contribution in [-0.2, 0) is 15.6 Å². The van der Waals surface area contributed by atoms with Crippen LogP contribution in [0.15, 0.2) is 17.5 Å². The van der Waals surface area contributed by atoms with Crippen LogP contribution in [0, 0.1) is 0 Å². The van der Waals surface area contributed by atoms with E-state index in [9.17, 15) is 0 Å². The molecule has 0 aromatic carbocycles. The van der Waals surface area contributed by atoms with Crippen molar-refractivity contribution in [1.82, 2.24) is 0 Å². The summed E-state index contributed by atoms with van der Waals surface area (Å²) in [6, 6.07) is 3.44. The van der Waals surface area contributed by atoms with Gasteiger partial charge < -0.3 is 0 Å². The van der Waals surface area contributed by atoms with E-state index in [0.717, 1.165) is 0 Å². The fraction of sp³-hybridized carbons (Fsp3) is 0.333. The third-order valence-electron chi connectivity index (χ3n) is 1.32. The number of thiophene rings is 1. The van der Waals surface area contributed by atoms with Gasteiger partial charge in [0.15, 0.2) is 0 Å². The molecule has 1 heterocycles. The number of hydrogen-bond acceptors (Lipinski definition) is 5. The first-order valence-electron chi connectivity index (χ1n) is 2.92. The zero-order valence-corrected chi connectivity index (χ0v) is 6.67. The molecular formula is C6H8O4S. The first kappa shape index (κ1) is 8.63. The molecule has 62 valence electrons. The van der Waals surface area contributed by atoms with Crippen molar-refractivity contribution < 1.29 is 20.3 Å². The topological polar surface area (TPSA) is 58.9 Å². The second-order valence-corrected chi connectivity index (χ2v) is 3.05. The van der Waals surface area contributed by atoms with Crippen molar-refractivity contribution in [3.05, 3.63) is 22.4 Å². The van der Waals surface area contributed by atoms with Gasteiger partial charge in [-0.3, -0.25) is 0 Å². The van der Waals surface area contributed by atoms with Crippen molar-refractivity contribution in [1.29, 1.82) is 0 Å². The van der Waals surface area contributed by atoms with E-state index in [1.165, 1.54) is 18.3 Å². The quantitative estimate of drug-likeness (QED) is 0.419. The van der Waals surface area contributed by atoms with E-state index in [1.54, 1.807) is 17.5 Å². The van der Waals surface area contributed by atoms with E-state index in [-0.39, 0.29) is 0 Å². The van der Waals surface area contributed by atoms with Crippen LogP contribution < -0.4 is 0 Å². The number of rotatable bonds is 3. The lowest BCUT2D eigenvalue weighted by Crippen LogP contribution is -2.25. The van der Waals surface area contributed by atoms with Gasteiger partial charge in [-0.2, -0.15) is 9.78 Å². The van der Waals surface area contributed by atoms with Crippen molar-refractivity contribution in [3.63, 3.8) is 0 Å². The minimum Gasteiger partial charge on any atom is -0.248 e. The first-order valence-corrected chi connectivity index (χ1v) is 3.80. The lowest BCUT2D eigenvalue weighted by Gasteiger charge is -2.19. The molecule has 1 aromatic heterocycles. The van der Waals surface area contributed by atoms with E-state index in [4.69, 9.17) is 10.5 Å². The highest BCUT2D eigenvalue weighted by Gasteiger charge is 2.30. The summed E-state index contributed by atoms with van der Waals surface area (Å²) in [5.74, 6) is -1.46. The summed E-state index contributed by atoms with van der Waals surface area (Å²) in [6.45, 7) is 1.40. The Morgan fingerprint density at radius 1 is 1.45 bits per heavy atom. The second kappa shape index (κ2) is 3.29. The second-order valence-electron chi connectivity index (χ2n) is 2.11. The van der Waals surface area contributed by atoms with E-state index < -0.39 is 5.79 Å². The minimum absolute atomic E-state index is 0.586. The highest BCUT2D eigenvalue weighted by Crippen LogP contribution is 2.28. The molecule has 5 heteroatoms. The van der Waals surface area contributed by atoms with Crippen LogP contribution in [0.3, 0.4) is 0 Å². The number of hydrogen-bond donors (Lipinski definition) is 2. The third-order valence-corrected chi connectivity index (χ3v) is 2.37. The Morgan fingerprint density at radius 3 is 2.45 bits per heavy atom. The van der Waals surface area contributed by atoms with Gasteiger partial charge in [-0.1, -0.05) is 6.07 Å². The fourth-order valence-corrected chi connectivity index (χ4v) is 1.39. The van der Waals surface area contributed by atoms with Gasteiger partial charge in [0.2, 0.25) is 0 Å². The summed E-state index contributed by atoms with van der Waals surface area (Å²) in [7, 11) is 0. The van der Waals surface area contributed by atoms with Gasteiger partial charge in [0.25, 0.3) is 5.79 Å². The molecule has 0 aliphatic carbocycles. The first-order chi connectivity index (χ1) is 5.23. The van der Waals surface area contributed by atoms with Crippen molar-refractivity contribution in [2.75, 3.05) is 0 Å². The molecule has 0 unspecified atom stereocenters. The maximum Gasteiger partial charge on any atom is 0.264 e. The SMILES string of the molecule is CC(OO)(OO)c1cccs1. The van der Waals surface area contributed by atoms with Crippen molar-refractivity contribution >= 4 is 11.3 Å². The predicted molar refractivity (Wildman–Crippen MR) is 39.1 cm³/mol. The molecule has 2 N–H and O–H groups in total. The Morgan fingerprint density at radius 2 is 2.09 bits per heavy atom. The van der Waals surface area contributed by atoms with Crippen LogP contribution in [0.4, 0.5) is 0 Å². The molecule has 0 fully saturated rings. The molecule has 0 spiro atoms. The van der Waals surface area contributed by atoms with Crippen LogP contribution in [-0.4, -0.2) is 10.5 Å². The molecule has 4 nitrogen and oxygen atoms in total. The molecule has 0 radical (unpaired) electrons. The van der Waals surface area contributed by atoms with Crippen molar-refractivity contribution in [2.45, 2.75) is 12.7 Å². The average Bonchev–Trinajstić information content (AvgIpc) is 2.55. The Balaban J connectivity index is 2.87. The van der Waals surface area contributed by atoms with Gasteiger partial charge in [0.05, 0.1) is 4.88 Å². The Kier molecular flexibility index (Phi) is 2.58. The molecular weight excluding hydrogens is 168 g/mol. The third kappa shape index (κ3) is 1.58. The zero-order valence-electron chi connectivity index (χ0n) is 5.85. The summed E-state index contributed by atoms with van der Waals surface area (Å²) < 4.78 is 0. The maximum atomic E-state index is 8.38. The highest BCUT2D eigenvalue weighted by atomic mass is 32.1. The largest absolute Gasteiger partial charge is 0.264 e. The molecule has 0 atom stereocenters. The Labute approximate surface area is 67.5 Å². The lowest BCUT2D eigenvalue weighted by molar-refractivity contribution is -0.488. The van der Waals surface area contributed by atoms with Gasteiger partial charge in [0.1, 0.15) is 0 Å². The molecule has 0 bridgehead atoms. The van der Waals surface area contributed by atoms with E-state index in [2.05, 4.69) is 9.78 Å². The van der Waals surface area contributed by atoms with Gasteiger partial charge >= 0.3 is 0 Å². The summed E-state index contributed by atoms with van der Waals surface area (Å²) in [5.41, 5.74) is 0. The average molecular weight is 176 g/mol. The summed E-state index contributed by atoms with van der Waals surface area (Å²) in [4.78, 5) is 8.52. The summed E-state index contributed by atoms with van der Waals surface area (Å²) in [5, 5.41) is 18.5. The predicted octanol–water partition coefficient (Wildman–Crippen LogP) is 1.90.